The maximum atomic E-state index is 12.1. The molecule has 0 spiro atoms. The summed E-state index contributed by atoms with van der Waals surface area (Å²) in [6.45, 7) is 8.87. The van der Waals surface area contributed by atoms with Crippen molar-refractivity contribution >= 4 is 27.8 Å². The molecule has 0 bridgehead atoms. The maximum absolute atomic E-state index is 12.1. The first-order valence-electron chi connectivity index (χ1n) is 6.40. The number of esters is 1. The number of carbonyl (C=O) groups is 2. The SMILES string of the molecule is Cc1ccc(Br)c(C(=O)N[C@H](C)C(=O)OC(C)(C)C)c1. The van der Waals surface area contributed by atoms with Crippen molar-refractivity contribution in [3.63, 3.8) is 0 Å². The van der Waals surface area contributed by atoms with Gasteiger partial charge >= 0.3 is 5.97 Å². The first-order chi connectivity index (χ1) is 9.10. The van der Waals surface area contributed by atoms with Crippen LogP contribution in [0.15, 0.2) is 22.7 Å². The Balaban J connectivity index is 2.75. The Labute approximate surface area is 128 Å². The van der Waals surface area contributed by atoms with Gasteiger partial charge in [0.1, 0.15) is 11.6 Å². The Kier molecular flexibility index (Phi) is 5.34. The topological polar surface area (TPSA) is 55.4 Å². The number of carbonyl (C=O) groups excluding carboxylic acids is 2. The molecule has 4 nitrogen and oxygen atoms in total. The summed E-state index contributed by atoms with van der Waals surface area (Å²) in [6, 6.07) is 4.77. The monoisotopic (exact) mass is 341 g/mol. The fourth-order valence-electron chi connectivity index (χ4n) is 1.54. The molecule has 0 aromatic heterocycles. The summed E-state index contributed by atoms with van der Waals surface area (Å²) in [7, 11) is 0. The summed E-state index contributed by atoms with van der Waals surface area (Å²) in [5, 5.41) is 2.64. The van der Waals surface area contributed by atoms with E-state index in [4.69, 9.17) is 4.74 Å². The maximum Gasteiger partial charge on any atom is 0.328 e. The molecule has 1 amide bonds. The molecule has 0 aliphatic rings. The highest BCUT2D eigenvalue weighted by atomic mass is 79.9. The van der Waals surface area contributed by atoms with Gasteiger partial charge in [-0.15, -0.1) is 0 Å². The van der Waals surface area contributed by atoms with E-state index >= 15 is 0 Å². The van der Waals surface area contributed by atoms with Gasteiger partial charge in [-0.1, -0.05) is 11.6 Å². The van der Waals surface area contributed by atoms with Crippen molar-refractivity contribution < 1.29 is 14.3 Å². The lowest BCUT2D eigenvalue weighted by atomic mass is 10.1. The van der Waals surface area contributed by atoms with Crippen LogP contribution in [0.5, 0.6) is 0 Å². The van der Waals surface area contributed by atoms with Crippen LogP contribution in [0.25, 0.3) is 0 Å². The van der Waals surface area contributed by atoms with Gasteiger partial charge in [0.25, 0.3) is 5.91 Å². The number of hydrogen-bond donors (Lipinski definition) is 1. The molecule has 1 N–H and O–H groups in total. The van der Waals surface area contributed by atoms with Crippen molar-refractivity contribution in [2.45, 2.75) is 46.3 Å². The van der Waals surface area contributed by atoms with E-state index in [9.17, 15) is 9.59 Å². The van der Waals surface area contributed by atoms with Gasteiger partial charge in [0, 0.05) is 4.47 Å². The van der Waals surface area contributed by atoms with Crippen molar-refractivity contribution in [1.82, 2.24) is 5.32 Å². The number of hydrogen-bond acceptors (Lipinski definition) is 3. The Hall–Kier alpha value is -1.36. The third-order valence-corrected chi connectivity index (χ3v) is 3.17. The second-order valence-corrected chi connectivity index (χ2v) is 6.57. The molecule has 1 aromatic carbocycles. The van der Waals surface area contributed by atoms with E-state index in [-0.39, 0.29) is 5.91 Å². The highest BCUT2D eigenvalue weighted by Gasteiger charge is 2.23. The molecule has 20 heavy (non-hydrogen) atoms. The van der Waals surface area contributed by atoms with Crippen LogP contribution in [0.4, 0.5) is 0 Å². The number of rotatable bonds is 3. The summed E-state index contributed by atoms with van der Waals surface area (Å²) >= 11 is 3.33. The lowest BCUT2D eigenvalue weighted by Crippen LogP contribution is -2.42. The predicted molar refractivity (Wildman–Crippen MR) is 81.7 cm³/mol. The second-order valence-electron chi connectivity index (χ2n) is 5.71. The first kappa shape index (κ1) is 16.7. The Bertz CT molecular complexity index is 520. The average molecular weight is 342 g/mol. The third kappa shape index (κ3) is 4.96. The molecule has 5 heteroatoms. The molecule has 0 radical (unpaired) electrons. The minimum Gasteiger partial charge on any atom is -0.458 e. The van der Waals surface area contributed by atoms with E-state index in [1.54, 1.807) is 33.8 Å². The van der Waals surface area contributed by atoms with Crippen LogP contribution in [0.3, 0.4) is 0 Å². The van der Waals surface area contributed by atoms with Gasteiger partial charge in [-0.2, -0.15) is 0 Å². The van der Waals surface area contributed by atoms with Gasteiger partial charge in [-0.05, 0) is 62.7 Å². The van der Waals surface area contributed by atoms with Gasteiger partial charge in [0.05, 0.1) is 5.56 Å². The minimum atomic E-state index is -0.700. The summed E-state index contributed by atoms with van der Waals surface area (Å²) in [6.07, 6.45) is 0. The summed E-state index contributed by atoms with van der Waals surface area (Å²) < 4.78 is 5.92. The Morgan fingerprint density at radius 2 is 1.90 bits per heavy atom. The van der Waals surface area contributed by atoms with Crippen LogP contribution in [-0.2, 0) is 9.53 Å². The zero-order chi connectivity index (χ0) is 15.5. The van der Waals surface area contributed by atoms with Crippen LogP contribution in [0, 0.1) is 6.92 Å². The number of halogens is 1. The third-order valence-electron chi connectivity index (χ3n) is 2.47. The van der Waals surface area contributed by atoms with Crippen molar-refractivity contribution in [2.24, 2.45) is 0 Å². The Morgan fingerprint density at radius 1 is 1.30 bits per heavy atom. The van der Waals surface area contributed by atoms with Gasteiger partial charge < -0.3 is 10.1 Å². The molecule has 0 saturated heterocycles. The smallest absolute Gasteiger partial charge is 0.328 e. The van der Waals surface area contributed by atoms with Crippen LogP contribution < -0.4 is 5.32 Å². The molecule has 110 valence electrons. The van der Waals surface area contributed by atoms with Crippen LogP contribution in [-0.4, -0.2) is 23.5 Å². The lowest BCUT2D eigenvalue weighted by Gasteiger charge is -2.22. The van der Waals surface area contributed by atoms with Gasteiger partial charge in [0.15, 0.2) is 0 Å². The van der Waals surface area contributed by atoms with Crippen molar-refractivity contribution in [2.75, 3.05) is 0 Å². The minimum absolute atomic E-state index is 0.307. The molecule has 1 rings (SSSR count). The molecular weight excluding hydrogens is 322 g/mol. The second kappa shape index (κ2) is 6.39. The lowest BCUT2D eigenvalue weighted by molar-refractivity contribution is -0.156. The fraction of sp³-hybridized carbons (Fsp3) is 0.467. The van der Waals surface area contributed by atoms with Crippen molar-refractivity contribution in [3.05, 3.63) is 33.8 Å². The van der Waals surface area contributed by atoms with Gasteiger partial charge in [-0.25, -0.2) is 4.79 Å². The molecule has 1 atom stereocenters. The number of ether oxygens (including phenoxy) is 1. The van der Waals surface area contributed by atoms with Crippen LogP contribution in [0.1, 0.15) is 43.6 Å². The first-order valence-corrected chi connectivity index (χ1v) is 7.19. The zero-order valence-corrected chi connectivity index (χ0v) is 14.0. The van der Waals surface area contributed by atoms with E-state index in [1.165, 1.54) is 0 Å². The summed E-state index contributed by atoms with van der Waals surface area (Å²) in [5.41, 5.74) is 0.906. The van der Waals surface area contributed by atoms with E-state index in [1.807, 2.05) is 19.1 Å². The van der Waals surface area contributed by atoms with E-state index < -0.39 is 17.6 Å². The van der Waals surface area contributed by atoms with Gasteiger partial charge in [-0.3, -0.25) is 4.79 Å². The molecule has 0 aliphatic heterocycles. The zero-order valence-electron chi connectivity index (χ0n) is 12.4. The van der Waals surface area contributed by atoms with E-state index in [0.29, 0.717) is 10.0 Å². The van der Waals surface area contributed by atoms with Crippen LogP contribution >= 0.6 is 15.9 Å². The Morgan fingerprint density at radius 3 is 2.45 bits per heavy atom. The highest BCUT2D eigenvalue weighted by molar-refractivity contribution is 9.10. The van der Waals surface area contributed by atoms with Crippen molar-refractivity contribution in [3.8, 4) is 0 Å². The normalized spacial score (nSPS) is 12.7. The number of benzene rings is 1. The largest absolute Gasteiger partial charge is 0.458 e. The number of aryl methyl sites for hydroxylation is 1. The fourth-order valence-corrected chi connectivity index (χ4v) is 1.96. The molecule has 0 heterocycles. The number of amides is 1. The van der Waals surface area contributed by atoms with Crippen molar-refractivity contribution in [1.29, 1.82) is 0 Å². The van der Waals surface area contributed by atoms with E-state index in [0.717, 1.165) is 5.56 Å². The predicted octanol–water partition coefficient (Wildman–Crippen LogP) is 3.22. The quantitative estimate of drug-likeness (QED) is 0.858. The van der Waals surface area contributed by atoms with Gasteiger partial charge in [0.2, 0.25) is 0 Å². The average Bonchev–Trinajstić information content (AvgIpc) is 2.29. The molecule has 0 unspecified atom stereocenters. The molecular formula is C15H20BrNO3. The van der Waals surface area contributed by atoms with Crippen LogP contribution in [0.2, 0.25) is 0 Å². The highest BCUT2D eigenvalue weighted by Crippen LogP contribution is 2.18. The molecule has 1 aromatic rings. The molecule has 0 aliphatic carbocycles. The molecule has 0 saturated carbocycles. The number of nitrogens with one attached hydrogen (secondary N) is 1. The summed E-state index contributed by atoms with van der Waals surface area (Å²) in [5.74, 6) is -0.756. The standard InChI is InChI=1S/C15H20BrNO3/c1-9-6-7-12(16)11(8-9)13(18)17-10(2)14(19)20-15(3,4)5/h6-8,10H,1-5H3,(H,17,18)/t10-/m1/s1. The molecule has 0 fully saturated rings. The summed E-state index contributed by atoms with van der Waals surface area (Å²) in [4.78, 5) is 24.0. The van der Waals surface area contributed by atoms with E-state index in [2.05, 4.69) is 21.2 Å².